The van der Waals surface area contributed by atoms with Crippen molar-refractivity contribution < 1.29 is 29.1 Å². The number of nitrogens with zero attached hydrogens (tertiary/aromatic N) is 3. The molecule has 2 N–H and O–H groups in total. The number of carbonyl (C=O) groups is 2. The van der Waals surface area contributed by atoms with Crippen LogP contribution in [0.5, 0.6) is 5.75 Å². The van der Waals surface area contributed by atoms with Crippen LogP contribution in [-0.4, -0.2) is 50.3 Å². The van der Waals surface area contributed by atoms with E-state index in [2.05, 4.69) is 27.2 Å². The molecule has 31 heavy (non-hydrogen) atoms. The molecule has 0 radical (unpaired) electrons. The number of fused-ring (bicyclic) bond motifs is 1. The van der Waals surface area contributed by atoms with Crippen molar-refractivity contribution in [3.63, 3.8) is 0 Å². The number of hydrogen-bond acceptors (Lipinski definition) is 4. The minimum absolute atomic E-state index is 0.00889. The van der Waals surface area contributed by atoms with Crippen molar-refractivity contribution in [2.24, 2.45) is 18.9 Å². The number of aliphatic carboxylic acids is 1. The van der Waals surface area contributed by atoms with Gasteiger partial charge < -0.3 is 19.8 Å². The summed E-state index contributed by atoms with van der Waals surface area (Å²) >= 11 is 2.19. The van der Waals surface area contributed by atoms with Crippen LogP contribution in [0.25, 0.3) is 0 Å². The highest BCUT2D eigenvalue weighted by atomic mass is 127. The maximum Gasteiger partial charge on any atom is 0.352 e. The van der Waals surface area contributed by atoms with Crippen LogP contribution in [0.3, 0.4) is 0 Å². The Morgan fingerprint density at radius 1 is 1.39 bits per heavy atom. The number of carboxylic acid groups (broad SMARTS) is 1. The lowest BCUT2D eigenvalue weighted by atomic mass is 9.78. The highest BCUT2D eigenvalue weighted by Gasteiger charge is 2.59. The molecule has 2 aliphatic rings. The van der Waals surface area contributed by atoms with Crippen LogP contribution in [0, 0.1) is 15.4 Å². The Hall–Kier alpha value is -2.40. The summed E-state index contributed by atoms with van der Waals surface area (Å²) in [6.45, 7) is 4.23. The molecule has 1 aromatic heterocycles. The van der Waals surface area contributed by atoms with Crippen LogP contribution < -0.4 is 9.30 Å². The zero-order valence-corrected chi connectivity index (χ0v) is 19.7. The molecule has 1 fully saturated rings. The molecule has 164 valence electrons. The smallest absolute Gasteiger partial charge is 0.352 e. The molecule has 2 aromatic rings. The molecule has 0 spiro atoms. The predicted octanol–water partition coefficient (Wildman–Crippen LogP) is 1.54. The van der Waals surface area contributed by atoms with Crippen molar-refractivity contribution in [2.45, 2.75) is 32.5 Å². The number of aliphatic hydroxyl groups is 1. The number of β-lactam (4-membered cyclic amide) rings is 1. The zero-order chi connectivity index (χ0) is 22.4. The van der Waals surface area contributed by atoms with E-state index in [0.29, 0.717) is 17.9 Å². The van der Waals surface area contributed by atoms with Gasteiger partial charge in [-0.15, -0.1) is 0 Å². The zero-order valence-electron chi connectivity index (χ0n) is 17.5. The van der Waals surface area contributed by atoms with E-state index in [-0.39, 0.29) is 30.2 Å². The molecule has 3 unspecified atom stereocenters. The second kappa shape index (κ2) is 8.27. The van der Waals surface area contributed by atoms with E-state index in [4.69, 9.17) is 4.74 Å². The second-order valence-electron chi connectivity index (χ2n) is 8.24. The van der Waals surface area contributed by atoms with E-state index in [0.717, 1.165) is 9.13 Å². The van der Waals surface area contributed by atoms with Crippen LogP contribution >= 0.6 is 22.6 Å². The first-order chi connectivity index (χ1) is 14.7. The van der Waals surface area contributed by atoms with Crippen molar-refractivity contribution >= 4 is 34.5 Å². The predicted molar refractivity (Wildman–Crippen MR) is 119 cm³/mol. The molecular formula is C22H25IN3O5+. The summed E-state index contributed by atoms with van der Waals surface area (Å²) in [6.07, 6.45) is 5.13. The summed E-state index contributed by atoms with van der Waals surface area (Å²) in [7, 11) is 1.96. The van der Waals surface area contributed by atoms with Crippen LogP contribution in [0.1, 0.15) is 19.4 Å². The average molecular weight is 538 g/mol. The van der Waals surface area contributed by atoms with Gasteiger partial charge in [0.25, 0.3) is 0 Å². The van der Waals surface area contributed by atoms with Crippen molar-refractivity contribution in [2.75, 3.05) is 6.61 Å². The maximum absolute atomic E-state index is 12.5. The molecule has 0 aliphatic carbocycles. The third-order valence-electron chi connectivity index (χ3n) is 6.09. The molecule has 4 rings (SSSR count). The summed E-state index contributed by atoms with van der Waals surface area (Å²) in [6, 6.07) is 5.63. The van der Waals surface area contributed by atoms with Crippen LogP contribution in [0.4, 0.5) is 0 Å². The Morgan fingerprint density at radius 2 is 2.13 bits per heavy atom. The van der Waals surface area contributed by atoms with Crippen LogP contribution in [-0.2, 0) is 23.2 Å². The Kier molecular flexibility index (Phi) is 5.82. The fourth-order valence-electron chi connectivity index (χ4n) is 4.55. The summed E-state index contributed by atoms with van der Waals surface area (Å²) in [5.74, 6) is -1.59. The first-order valence-electron chi connectivity index (χ1n) is 10.1. The molecule has 4 atom stereocenters. The van der Waals surface area contributed by atoms with Crippen molar-refractivity contribution in [1.82, 2.24) is 9.47 Å². The number of halogens is 1. The van der Waals surface area contributed by atoms with Gasteiger partial charge in [0.15, 0.2) is 0 Å². The van der Waals surface area contributed by atoms with Crippen molar-refractivity contribution in [3.8, 4) is 5.75 Å². The number of amides is 1. The van der Waals surface area contributed by atoms with Gasteiger partial charge in [0.1, 0.15) is 37.0 Å². The van der Waals surface area contributed by atoms with Crippen molar-refractivity contribution in [3.05, 3.63) is 57.3 Å². The van der Waals surface area contributed by atoms with Gasteiger partial charge in [-0.3, -0.25) is 4.79 Å². The molecule has 0 bridgehead atoms. The summed E-state index contributed by atoms with van der Waals surface area (Å²) in [4.78, 5) is 25.7. The van der Waals surface area contributed by atoms with Gasteiger partial charge in [0.05, 0.1) is 28.7 Å². The lowest BCUT2D eigenvalue weighted by Crippen LogP contribution is -2.63. The maximum atomic E-state index is 12.5. The number of aliphatic hydroxyl groups excluding tert-OH is 1. The molecule has 1 aromatic carbocycles. The van der Waals surface area contributed by atoms with Gasteiger partial charge in [-0.05, 0) is 47.2 Å². The fraction of sp³-hybridized carbons (Fsp3) is 0.409. The topological polar surface area (TPSA) is 95.9 Å². The van der Waals surface area contributed by atoms with Crippen molar-refractivity contribution in [1.29, 1.82) is 0 Å². The lowest BCUT2D eigenvalue weighted by molar-refractivity contribution is -0.671. The van der Waals surface area contributed by atoms with E-state index < -0.39 is 18.0 Å². The summed E-state index contributed by atoms with van der Waals surface area (Å²) < 4.78 is 11.0. The number of ether oxygens (including phenoxy) is 1. The number of hydrogen-bond donors (Lipinski definition) is 2. The number of benzene rings is 1. The SMILES string of the molecule is CC(O)C1C(=O)N2C(C(=O)O)=C(COc3cc(Cn4cc[n+](C)c4)ccc3I)[C@H](C)C12. The molecule has 9 heteroatoms. The first-order valence-corrected chi connectivity index (χ1v) is 11.2. The quantitative estimate of drug-likeness (QED) is 0.317. The van der Waals surface area contributed by atoms with Gasteiger partial charge in [0, 0.05) is 11.5 Å². The van der Waals surface area contributed by atoms with E-state index in [1.54, 1.807) is 6.92 Å². The Balaban J connectivity index is 1.55. The van der Waals surface area contributed by atoms with Gasteiger partial charge in [-0.25, -0.2) is 13.9 Å². The molecule has 2 aliphatic heterocycles. The standard InChI is InChI=1S/C22H24IN3O5/c1-12-15(20(22(29)30)26-19(12)18(13(2)27)21(26)28)10-31-17-8-14(4-5-16(17)23)9-25-7-6-24(3)11-25/h4-8,11-13,18-19,27H,9-10H2,1-3H3/p+1/t12-,13?,18?,19?/m0/s1. The molecule has 0 saturated carbocycles. The van der Waals surface area contributed by atoms with Gasteiger partial charge in [-0.2, -0.15) is 0 Å². The van der Waals surface area contributed by atoms with E-state index in [1.807, 2.05) is 55.5 Å². The highest BCUT2D eigenvalue weighted by Crippen LogP contribution is 2.47. The molecule has 3 heterocycles. The van der Waals surface area contributed by atoms with Crippen LogP contribution in [0.2, 0.25) is 0 Å². The normalized spacial score (nSPS) is 23.6. The fourth-order valence-corrected chi connectivity index (χ4v) is 5.04. The Bertz CT molecular complexity index is 1080. The van der Waals surface area contributed by atoms with E-state index in [1.165, 1.54) is 4.90 Å². The molecule has 8 nitrogen and oxygen atoms in total. The number of carbonyl (C=O) groups excluding carboxylic acids is 1. The van der Waals surface area contributed by atoms with E-state index >= 15 is 0 Å². The first kappa shape index (κ1) is 21.8. The van der Waals surface area contributed by atoms with Gasteiger partial charge in [0.2, 0.25) is 12.2 Å². The minimum atomic E-state index is -1.14. The number of imidazole rings is 1. The Morgan fingerprint density at radius 3 is 2.74 bits per heavy atom. The third kappa shape index (κ3) is 3.84. The van der Waals surface area contributed by atoms with E-state index in [9.17, 15) is 19.8 Å². The largest absolute Gasteiger partial charge is 0.488 e. The molecular weight excluding hydrogens is 513 g/mol. The monoisotopic (exact) mass is 538 g/mol. The highest BCUT2D eigenvalue weighted by molar-refractivity contribution is 14.1. The van der Waals surface area contributed by atoms with Crippen LogP contribution in [0.15, 0.2) is 48.2 Å². The lowest BCUT2D eigenvalue weighted by Gasteiger charge is -2.46. The van der Waals surface area contributed by atoms with Gasteiger partial charge in [-0.1, -0.05) is 13.0 Å². The average Bonchev–Trinajstić information content (AvgIpc) is 3.20. The van der Waals surface area contributed by atoms with Gasteiger partial charge >= 0.3 is 5.97 Å². The number of aromatic nitrogens is 2. The Labute approximate surface area is 193 Å². The number of aryl methyl sites for hydroxylation is 1. The molecule has 1 saturated heterocycles. The minimum Gasteiger partial charge on any atom is -0.488 e. The third-order valence-corrected chi connectivity index (χ3v) is 6.98. The number of carboxylic acids is 1. The number of rotatable bonds is 7. The summed E-state index contributed by atoms with van der Waals surface area (Å²) in [5, 5.41) is 19.7. The molecule has 1 amide bonds. The summed E-state index contributed by atoms with van der Waals surface area (Å²) in [5.41, 5.74) is 1.63. The second-order valence-corrected chi connectivity index (χ2v) is 9.40.